The Morgan fingerprint density at radius 2 is 1.90 bits per heavy atom. The van der Waals surface area contributed by atoms with Crippen molar-refractivity contribution in [3.63, 3.8) is 0 Å². The van der Waals surface area contributed by atoms with Crippen LogP contribution in [0.1, 0.15) is 23.6 Å². The summed E-state index contributed by atoms with van der Waals surface area (Å²) in [6.07, 6.45) is 2.34. The number of nitriles is 1. The number of ether oxygens (including phenoxy) is 1. The second-order valence-corrected chi connectivity index (χ2v) is 8.88. The van der Waals surface area contributed by atoms with Gasteiger partial charge in [0.15, 0.2) is 0 Å². The normalized spacial score (nSPS) is 13.5. The molecule has 1 aliphatic heterocycles. The number of hydrogen-bond donors (Lipinski definition) is 0. The van der Waals surface area contributed by atoms with E-state index in [1.807, 2.05) is 30.0 Å². The molecule has 1 fully saturated rings. The van der Waals surface area contributed by atoms with Crippen molar-refractivity contribution in [2.75, 3.05) is 37.7 Å². The molecule has 40 heavy (non-hydrogen) atoms. The van der Waals surface area contributed by atoms with E-state index < -0.39 is 17.6 Å². The monoisotopic (exact) mass is 545 g/mol. The minimum Gasteiger partial charge on any atom is -0.492 e. The third-order valence-electron chi connectivity index (χ3n) is 6.35. The number of piperazine rings is 1. The molecular formula is C28H22F3N7O2. The fraction of sp³-hybridized carbons (Fsp3) is 0.250. The third kappa shape index (κ3) is 5.52. The third-order valence-corrected chi connectivity index (χ3v) is 6.35. The predicted molar refractivity (Wildman–Crippen MR) is 139 cm³/mol. The Bertz CT molecular complexity index is 1660. The zero-order chi connectivity index (χ0) is 28.3. The van der Waals surface area contributed by atoms with Crippen LogP contribution in [0.3, 0.4) is 0 Å². The van der Waals surface area contributed by atoms with Crippen molar-refractivity contribution >= 4 is 17.2 Å². The minimum absolute atomic E-state index is 0.0213. The topological polar surface area (TPSA) is 99.6 Å². The Balaban J connectivity index is 1.27. The van der Waals surface area contributed by atoms with Gasteiger partial charge in [0.2, 0.25) is 0 Å². The zero-order valence-corrected chi connectivity index (χ0v) is 21.3. The predicted octanol–water partition coefficient (Wildman–Crippen LogP) is 3.78. The summed E-state index contributed by atoms with van der Waals surface area (Å²) in [6, 6.07) is 8.68. The van der Waals surface area contributed by atoms with Crippen LogP contribution in [0.5, 0.6) is 5.75 Å². The quantitative estimate of drug-likeness (QED) is 0.360. The highest BCUT2D eigenvalue weighted by Gasteiger charge is 2.31. The first kappa shape index (κ1) is 26.5. The van der Waals surface area contributed by atoms with E-state index in [9.17, 15) is 23.2 Å². The molecule has 0 unspecified atom stereocenters. The van der Waals surface area contributed by atoms with E-state index in [0.29, 0.717) is 55.8 Å². The molecule has 12 heteroatoms. The van der Waals surface area contributed by atoms with Crippen LogP contribution in [-0.2, 0) is 11.0 Å². The summed E-state index contributed by atoms with van der Waals surface area (Å²) in [7, 11) is 0. The van der Waals surface area contributed by atoms with Crippen molar-refractivity contribution < 1.29 is 22.7 Å². The molecule has 4 aromatic rings. The first-order chi connectivity index (χ1) is 19.3. The van der Waals surface area contributed by atoms with Crippen LogP contribution in [0.15, 0.2) is 55.2 Å². The summed E-state index contributed by atoms with van der Waals surface area (Å²) < 4.78 is 45.9. The van der Waals surface area contributed by atoms with Gasteiger partial charge in [-0.05, 0) is 31.2 Å². The molecule has 1 saturated heterocycles. The molecular weight excluding hydrogens is 523 g/mol. The smallest absolute Gasteiger partial charge is 0.417 e. The lowest BCUT2D eigenvalue weighted by Crippen LogP contribution is -2.48. The van der Waals surface area contributed by atoms with E-state index in [0.717, 1.165) is 23.0 Å². The van der Waals surface area contributed by atoms with E-state index in [4.69, 9.17) is 4.74 Å². The molecule has 0 atom stereocenters. The average molecular weight is 546 g/mol. The number of fused-ring (bicyclic) bond motifs is 1. The standard InChI is InChI=1S/C28H22F3N7O2/c1-2-40-23-12-24(27-21(13-32)16-35-38(27)18-23)20-4-5-25(34-15-20)36-7-9-37(10-8-36)26(39)6-3-19-11-22(17-33-14-19)28(29,30)31/h4-5,11-12,14-18H,2,7-10H2,1H3. The lowest BCUT2D eigenvalue weighted by molar-refractivity contribution is -0.137. The summed E-state index contributed by atoms with van der Waals surface area (Å²) >= 11 is 0. The van der Waals surface area contributed by atoms with Gasteiger partial charge in [-0.25, -0.2) is 9.50 Å². The van der Waals surface area contributed by atoms with Crippen LogP contribution in [0.2, 0.25) is 0 Å². The maximum absolute atomic E-state index is 12.9. The van der Waals surface area contributed by atoms with Crippen LogP contribution in [0, 0.1) is 23.2 Å². The number of halogens is 3. The number of rotatable bonds is 4. The highest BCUT2D eigenvalue weighted by Crippen LogP contribution is 2.31. The molecule has 0 N–H and O–H groups in total. The molecule has 0 spiro atoms. The second kappa shape index (κ2) is 10.9. The van der Waals surface area contributed by atoms with E-state index in [2.05, 4.69) is 33.0 Å². The Labute approximate surface area is 227 Å². The van der Waals surface area contributed by atoms with Gasteiger partial charge < -0.3 is 14.5 Å². The van der Waals surface area contributed by atoms with E-state index in [-0.39, 0.29) is 5.56 Å². The summed E-state index contributed by atoms with van der Waals surface area (Å²) in [4.78, 5) is 24.3. The summed E-state index contributed by atoms with van der Waals surface area (Å²) in [6.45, 7) is 4.16. The van der Waals surface area contributed by atoms with Crippen LogP contribution in [0.4, 0.5) is 19.0 Å². The number of nitrogens with zero attached hydrogens (tertiary/aromatic N) is 7. The summed E-state index contributed by atoms with van der Waals surface area (Å²) in [5, 5.41) is 13.8. The molecule has 0 bridgehead atoms. The van der Waals surface area contributed by atoms with E-state index in [1.165, 1.54) is 12.4 Å². The summed E-state index contributed by atoms with van der Waals surface area (Å²) in [5.74, 6) is 5.78. The van der Waals surface area contributed by atoms with Crippen molar-refractivity contribution in [3.05, 3.63) is 71.9 Å². The largest absolute Gasteiger partial charge is 0.492 e. The van der Waals surface area contributed by atoms with Gasteiger partial charge in [-0.2, -0.15) is 23.5 Å². The fourth-order valence-electron chi connectivity index (χ4n) is 4.38. The number of pyridine rings is 3. The zero-order valence-electron chi connectivity index (χ0n) is 21.3. The van der Waals surface area contributed by atoms with Gasteiger partial charge in [0.25, 0.3) is 5.91 Å². The van der Waals surface area contributed by atoms with E-state index >= 15 is 0 Å². The molecule has 0 saturated carbocycles. The fourth-order valence-corrected chi connectivity index (χ4v) is 4.38. The highest BCUT2D eigenvalue weighted by molar-refractivity contribution is 5.94. The van der Waals surface area contributed by atoms with Crippen LogP contribution >= 0.6 is 0 Å². The van der Waals surface area contributed by atoms with Gasteiger partial charge in [-0.1, -0.05) is 5.92 Å². The Kier molecular flexibility index (Phi) is 7.25. The first-order valence-corrected chi connectivity index (χ1v) is 12.4. The van der Waals surface area contributed by atoms with Gasteiger partial charge in [0, 0.05) is 67.4 Å². The number of aromatic nitrogens is 4. The van der Waals surface area contributed by atoms with Gasteiger partial charge in [0.1, 0.15) is 17.6 Å². The number of hydrogen-bond acceptors (Lipinski definition) is 7. The number of carbonyl (C=O) groups excluding carboxylic acids is 1. The van der Waals surface area contributed by atoms with Gasteiger partial charge in [-0.15, -0.1) is 0 Å². The van der Waals surface area contributed by atoms with Crippen molar-refractivity contribution in [3.8, 4) is 34.8 Å². The van der Waals surface area contributed by atoms with Crippen LogP contribution in [0.25, 0.3) is 16.6 Å². The average Bonchev–Trinajstić information content (AvgIpc) is 3.39. The molecule has 1 amide bonds. The minimum atomic E-state index is -4.53. The van der Waals surface area contributed by atoms with Crippen molar-refractivity contribution in [2.24, 2.45) is 0 Å². The number of anilines is 1. The van der Waals surface area contributed by atoms with Gasteiger partial charge in [0.05, 0.1) is 35.6 Å². The number of carbonyl (C=O) groups is 1. The van der Waals surface area contributed by atoms with Crippen molar-refractivity contribution in [2.45, 2.75) is 13.1 Å². The molecule has 0 radical (unpaired) electrons. The van der Waals surface area contributed by atoms with Crippen molar-refractivity contribution in [1.29, 1.82) is 5.26 Å². The molecule has 0 aromatic carbocycles. The van der Waals surface area contributed by atoms with Crippen molar-refractivity contribution in [1.82, 2.24) is 24.5 Å². The first-order valence-electron chi connectivity index (χ1n) is 12.4. The summed E-state index contributed by atoms with van der Waals surface area (Å²) in [5.41, 5.74) is 1.77. The number of amides is 1. The lowest BCUT2D eigenvalue weighted by atomic mass is 10.1. The molecule has 9 nitrogen and oxygen atoms in total. The SMILES string of the molecule is CCOc1cc(-c2ccc(N3CCN(C(=O)C#Cc4cncc(C(F)(F)F)c4)CC3)nc2)c2c(C#N)cnn2c1. The maximum Gasteiger partial charge on any atom is 0.417 e. The molecule has 5 heterocycles. The Morgan fingerprint density at radius 1 is 1.10 bits per heavy atom. The van der Waals surface area contributed by atoms with Gasteiger partial charge in [-0.3, -0.25) is 9.78 Å². The molecule has 1 aliphatic rings. The second-order valence-electron chi connectivity index (χ2n) is 8.88. The Hall–Kier alpha value is -5.10. The molecule has 4 aromatic heterocycles. The van der Waals surface area contributed by atoms with Crippen LogP contribution in [-0.4, -0.2) is 63.2 Å². The maximum atomic E-state index is 12.9. The molecule has 0 aliphatic carbocycles. The molecule has 202 valence electrons. The Morgan fingerprint density at radius 3 is 2.58 bits per heavy atom. The van der Waals surface area contributed by atoms with Crippen LogP contribution < -0.4 is 9.64 Å². The highest BCUT2D eigenvalue weighted by atomic mass is 19.4. The van der Waals surface area contributed by atoms with Gasteiger partial charge >= 0.3 is 6.18 Å². The van der Waals surface area contributed by atoms with E-state index in [1.54, 1.807) is 21.8 Å². The molecule has 5 rings (SSSR count). The lowest BCUT2D eigenvalue weighted by Gasteiger charge is -2.34. The number of alkyl halides is 3.